The number of nitrogens with one attached hydrogen (secondary N) is 1. The zero-order valence-electron chi connectivity index (χ0n) is 12.2. The number of carbonyl (C=O) groups is 2. The van der Waals surface area contributed by atoms with Crippen LogP contribution >= 0.6 is 22.7 Å². The first-order chi connectivity index (χ1) is 11.1. The van der Waals surface area contributed by atoms with E-state index in [1.165, 1.54) is 29.6 Å². The van der Waals surface area contributed by atoms with E-state index in [1.807, 2.05) is 16.8 Å². The maximum atomic E-state index is 12.1. The SMILES string of the molecule is CC(=O)N(c1ccc(C(=O)Nc2nccs2)cc1)c1ccsc1. The van der Waals surface area contributed by atoms with Gasteiger partial charge in [-0.25, -0.2) is 4.98 Å². The Hall–Kier alpha value is -2.51. The van der Waals surface area contributed by atoms with E-state index in [2.05, 4.69) is 10.3 Å². The van der Waals surface area contributed by atoms with Gasteiger partial charge in [-0.15, -0.1) is 11.3 Å². The van der Waals surface area contributed by atoms with Crippen molar-refractivity contribution in [2.24, 2.45) is 0 Å². The highest BCUT2D eigenvalue weighted by Crippen LogP contribution is 2.28. The first-order valence-corrected chi connectivity index (χ1v) is 8.61. The number of thiazole rings is 1. The molecule has 23 heavy (non-hydrogen) atoms. The van der Waals surface area contributed by atoms with E-state index in [0.29, 0.717) is 10.7 Å². The lowest BCUT2D eigenvalue weighted by Crippen LogP contribution is -2.22. The van der Waals surface area contributed by atoms with Crippen LogP contribution < -0.4 is 10.2 Å². The van der Waals surface area contributed by atoms with Crippen molar-refractivity contribution in [3.05, 3.63) is 58.2 Å². The standard InChI is InChI=1S/C16H13N3O2S2/c1-11(20)19(14-6-8-22-10-14)13-4-2-12(3-5-13)15(21)18-16-17-7-9-23-16/h2-10H,1H3,(H,17,18,21). The monoisotopic (exact) mass is 343 g/mol. The molecule has 2 heterocycles. The zero-order valence-corrected chi connectivity index (χ0v) is 13.9. The zero-order chi connectivity index (χ0) is 16.2. The maximum Gasteiger partial charge on any atom is 0.257 e. The van der Waals surface area contributed by atoms with E-state index in [9.17, 15) is 9.59 Å². The lowest BCUT2D eigenvalue weighted by atomic mass is 10.1. The fraction of sp³-hybridized carbons (Fsp3) is 0.0625. The highest BCUT2D eigenvalue weighted by Gasteiger charge is 2.15. The predicted octanol–water partition coefficient (Wildman–Crippen LogP) is 4.14. The number of hydrogen-bond donors (Lipinski definition) is 1. The Morgan fingerprint density at radius 3 is 2.43 bits per heavy atom. The van der Waals surface area contributed by atoms with Crippen LogP contribution in [0.5, 0.6) is 0 Å². The van der Waals surface area contributed by atoms with Crippen LogP contribution in [0, 0.1) is 0 Å². The Morgan fingerprint density at radius 1 is 1.09 bits per heavy atom. The molecular weight excluding hydrogens is 330 g/mol. The van der Waals surface area contributed by atoms with Gasteiger partial charge in [0.1, 0.15) is 0 Å². The predicted molar refractivity (Wildman–Crippen MR) is 93.6 cm³/mol. The van der Waals surface area contributed by atoms with Gasteiger partial charge in [-0.05, 0) is 35.7 Å². The van der Waals surface area contributed by atoms with Crippen molar-refractivity contribution in [3.8, 4) is 0 Å². The van der Waals surface area contributed by atoms with Gasteiger partial charge in [0.25, 0.3) is 5.91 Å². The molecule has 7 heteroatoms. The first-order valence-electron chi connectivity index (χ1n) is 6.79. The second kappa shape index (κ2) is 6.72. The van der Waals surface area contributed by atoms with Gasteiger partial charge in [-0.2, -0.15) is 11.3 Å². The van der Waals surface area contributed by atoms with Crippen molar-refractivity contribution in [1.29, 1.82) is 0 Å². The van der Waals surface area contributed by atoms with Gasteiger partial charge in [0.2, 0.25) is 5.91 Å². The summed E-state index contributed by atoms with van der Waals surface area (Å²) < 4.78 is 0. The Labute approximate surface area is 141 Å². The molecule has 116 valence electrons. The summed E-state index contributed by atoms with van der Waals surface area (Å²) in [5, 5.41) is 8.91. The van der Waals surface area contributed by atoms with Crippen molar-refractivity contribution in [3.63, 3.8) is 0 Å². The summed E-state index contributed by atoms with van der Waals surface area (Å²) >= 11 is 2.89. The minimum Gasteiger partial charge on any atom is -0.298 e. The van der Waals surface area contributed by atoms with E-state index < -0.39 is 0 Å². The van der Waals surface area contributed by atoms with Crippen LogP contribution in [0.4, 0.5) is 16.5 Å². The quantitative estimate of drug-likeness (QED) is 0.774. The molecule has 3 rings (SSSR count). The Morgan fingerprint density at radius 2 is 1.87 bits per heavy atom. The molecule has 0 radical (unpaired) electrons. The lowest BCUT2D eigenvalue weighted by Gasteiger charge is -2.20. The Kier molecular flexibility index (Phi) is 4.50. The molecule has 0 saturated carbocycles. The topological polar surface area (TPSA) is 62.3 Å². The minimum absolute atomic E-state index is 0.0802. The number of aromatic nitrogens is 1. The van der Waals surface area contributed by atoms with Gasteiger partial charge in [0.05, 0.1) is 5.69 Å². The van der Waals surface area contributed by atoms with Crippen molar-refractivity contribution < 1.29 is 9.59 Å². The number of rotatable bonds is 4. The number of anilines is 3. The normalized spacial score (nSPS) is 10.3. The van der Waals surface area contributed by atoms with Crippen LogP contribution in [0.2, 0.25) is 0 Å². The van der Waals surface area contributed by atoms with Crippen molar-refractivity contribution in [2.75, 3.05) is 10.2 Å². The molecule has 0 fully saturated rings. The lowest BCUT2D eigenvalue weighted by molar-refractivity contribution is -0.115. The van der Waals surface area contributed by atoms with Gasteiger partial charge < -0.3 is 0 Å². The molecule has 1 N–H and O–H groups in total. The highest BCUT2D eigenvalue weighted by molar-refractivity contribution is 7.13. The fourth-order valence-corrected chi connectivity index (χ4v) is 3.26. The minimum atomic E-state index is -0.226. The maximum absolute atomic E-state index is 12.1. The van der Waals surface area contributed by atoms with Crippen LogP contribution in [0.1, 0.15) is 17.3 Å². The molecule has 0 aliphatic heterocycles. The van der Waals surface area contributed by atoms with Crippen LogP contribution in [-0.4, -0.2) is 16.8 Å². The molecule has 0 spiro atoms. The smallest absolute Gasteiger partial charge is 0.257 e. The van der Waals surface area contributed by atoms with Crippen molar-refractivity contribution in [2.45, 2.75) is 6.92 Å². The third-order valence-electron chi connectivity index (χ3n) is 3.12. The summed E-state index contributed by atoms with van der Waals surface area (Å²) in [7, 11) is 0. The molecule has 5 nitrogen and oxygen atoms in total. The third kappa shape index (κ3) is 3.46. The number of amides is 2. The molecule has 0 aliphatic carbocycles. The number of carbonyl (C=O) groups excluding carboxylic acids is 2. The molecule has 2 amide bonds. The van der Waals surface area contributed by atoms with E-state index in [0.717, 1.165) is 11.4 Å². The van der Waals surface area contributed by atoms with Gasteiger partial charge in [0, 0.05) is 35.1 Å². The third-order valence-corrected chi connectivity index (χ3v) is 4.48. The molecule has 2 aromatic heterocycles. The number of thiophene rings is 1. The second-order valence-corrected chi connectivity index (χ2v) is 6.35. The van der Waals surface area contributed by atoms with E-state index in [1.54, 1.807) is 40.7 Å². The van der Waals surface area contributed by atoms with Crippen LogP contribution in [0.3, 0.4) is 0 Å². The molecule has 0 atom stereocenters. The fourth-order valence-electron chi connectivity index (χ4n) is 2.11. The van der Waals surface area contributed by atoms with Gasteiger partial charge in [-0.3, -0.25) is 19.8 Å². The van der Waals surface area contributed by atoms with Crippen LogP contribution in [-0.2, 0) is 4.79 Å². The Balaban J connectivity index is 1.81. The van der Waals surface area contributed by atoms with Gasteiger partial charge >= 0.3 is 0 Å². The van der Waals surface area contributed by atoms with Gasteiger partial charge in [-0.1, -0.05) is 0 Å². The van der Waals surface area contributed by atoms with E-state index in [4.69, 9.17) is 0 Å². The largest absolute Gasteiger partial charge is 0.298 e. The molecule has 0 saturated heterocycles. The first kappa shape index (κ1) is 15.4. The summed E-state index contributed by atoms with van der Waals surface area (Å²) in [5.74, 6) is -0.306. The number of benzene rings is 1. The average molecular weight is 343 g/mol. The molecule has 3 aromatic rings. The molecule has 0 aliphatic rings. The summed E-state index contributed by atoms with van der Waals surface area (Å²) in [5.41, 5.74) is 2.06. The molecular formula is C16H13N3O2S2. The summed E-state index contributed by atoms with van der Waals surface area (Å²) in [6.45, 7) is 1.51. The van der Waals surface area contributed by atoms with Crippen molar-refractivity contribution in [1.82, 2.24) is 4.98 Å². The van der Waals surface area contributed by atoms with Crippen LogP contribution in [0.15, 0.2) is 52.7 Å². The van der Waals surface area contributed by atoms with Crippen LogP contribution in [0.25, 0.3) is 0 Å². The molecule has 0 bridgehead atoms. The van der Waals surface area contributed by atoms with Gasteiger partial charge in [0.15, 0.2) is 5.13 Å². The number of hydrogen-bond acceptors (Lipinski definition) is 5. The molecule has 1 aromatic carbocycles. The number of nitrogens with zero attached hydrogens (tertiary/aromatic N) is 2. The van der Waals surface area contributed by atoms with E-state index in [-0.39, 0.29) is 11.8 Å². The summed E-state index contributed by atoms with van der Waals surface area (Å²) in [6, 6.07) is 8.79. The second-order valence-electron chi connectivity index (χ2n) is 4.67. The summed E-state index contributed by atoms with van der Waals surface area (Å²) in [6.07, 6.45) is 1.63. The summed E-state index contributed by atoms with van der Waals surface area (Å²) in [4.78, 5) is 29.7. The van der Waals surface area contributed by atoms with E-state index >= 15 is 0 Å². The highest BCUT2D eigenvalue weighted by atomic mass is 32.1. The molecule has 0 unspecified atom stereocenters. The Bertz CT molecular complexity index is 796. The van der Waals surface area contributed by atoms with Crippen molar-refractivity contribution >= 4 is 51.0 Å². The average Bonchev–Trinajstić information content (AvgIpc) is 3.21.